The number of nitrogens with one attached hydrogen (secondary N) is 1. The number of aromatic nitrogens is 1. The third-order valence-corrected chi connectivity index (χ3v) is 5.01. The smallest absolute Gasteiger partial charge is 0.226 e. The lowest BCUT2D eigenvalue weighted by molar-refractivity contribution is -0.116. The van der Waals surface area contributed by atoms with Gasteiger partial charge in [-0.05, 0) is 18.9 Å². The number of carbonyl (C=O) groups excluding carboxylic acids is 1. The van der Waals surface area contributed by atoms with Crippen molar-refractivity contribution < 1.29 is 4.79 Å². The van der Waals surface area contributed by atoms with Gasteiger partial charge in [-0.25, -0.2) is 4.98 Å². The van der Waals surface area contributed by atoms with Gasteiger partial charge in [-0.3, -0.25) is 4.79 Å². The summed E-state index contributed by atoms with van der Waals surface area (Å²) in [5, 5.41) is 3.62. The minimum Gasteiger partial charge on any atom is -0.302 e. The van der Waals surface area contributed by atoms with Crippen molar-refractivity contribution in [3.05, 3.63) is 60.2 Å². The largest absolute Gasteiger partial charge is 0.302 e. The van der Waals surface area contributed by atoms with E-state index in [1.54, 1.807) is 0 Å². The zero-order chi connectivity index (χ0) is 17.6. The van der Waals surface area contributed by atoms with Crippen LogP contribution in [0.4, 0.5) is 5.13 Å². The first-order valence-electron chi connectivity index (χ1n) is 8.60. The highest BCUT2D eigenvalue weighted by Crippen LogP contribution is 2.39. The van der Waals surface area contributed by atoms with Crippen LogP contribution in [0.1, 0.15) is 31.7 Å². The molecule has 0 spiro atoms. The number of amides is 1. The summed E-state index contributed by atoms with van der Waals surface area (Å²) in [7, 11) is 0. The molecule has 3 aromatic rings. The average Bonchev–Trinajstić information content (AvgIpc) is 3.05. The van der Waals surface area contributed by atoms with Crippen molar-refractivity contribution in [2.24, 2.45) is 0 Å². The minimum absolute atomic E-state index is 0.0330. The molecule has 0 saturated heterocycles. The maximum absolute atomic E-state index is 12.1. The number of nitrogens with zero attached hydrogens (tertiary/aromatic N) is 1. The SMILES string of the molecule is CCCCC(=O)Nc1nc(-c2ccc(C)cc2)c(-c2ccccc2)s1. The van der Waals surface area contributed by atoms with E-state index in [0.29, 0.717) is 11.6 Å². The predicted molar refractivity (Wildman–Crippen MR) is 106 cm³/mol. The fourth-order valence-electron chi connectivity index (χ4n) is 2.58. The van der Waals surface area contributed by atoms with Crippen molar-refractivity contribution in [1.29, 1.82) is 0 Å². The lowest BCUT2D eigenvalue weighted by Crippen LogP contribution is -2.10. The molecule has 4 heteroatoms. The molecule has 0 fully saturated rings. The first-order valence-corrected chi connectivity index (χ1v) is 9.42. The van der Waals surface area contributed by atoms with Crippen molar-refractivity contribution in [3.8, 4) is 21.7 Å². The fourth-order valence-corrected chi connectivity index (χ4v) is 3.59. The summed E-state index contributed by atoms with van der Waals surface area (Å²) >= 11 is 1.53. The van der Waals surface area contributed by atoms with Gasteiger partial charge in [-0.1, -0.05) is 84.8 Å². The number of aryl methyl sites for hydroxylation is 1. The van der Waals surface area contributed by atoms with Crippen LogP contribution in [-0.2, 0) is 4.79 Å². The molecule has 0 bridgehead atoms. The van der Waals surface area contributed by atoms with Crippen molar-refractivity contribution in [1.82, 2.24) is 4.98 Å². The molecule has 0 aliphatic rings. The van der Waals surface area contributed by atoms with Gasteiger partial charge in [0.25, 0.3) is 0 Å². The van der Waals surface area contributed by atoms with E-state index in [-0.39, 0.29) is 5.91 Å². The standard InChI is InChI=1S/C21H22N2OS/c1-3-4-10-18(24)22-21-23-19(16-13-11-15(2)12-14-16)20(25-21)17-8-6-5-7-9-17/h5-9,11-14H,3-4,10H2,1-2H3,(H,22,23,24). The van der Waals surface area contributed by atoms with Gasteiger partial charge in [0.2, 0.25) is 5.91 Å². The third kappa shape index (κ3) is 4.34. The van der Waals surface area contributed by atoms with E-state index in [1.807, 2.05) is 18.2 Å². The summed E-state index contributed by atoms with van der Waals surface area (Å²) in [5.74, 6) is 0.0330. The van der Waals surface area contributed by atoms with Gasteiger partial charge in [0.05, 0.1) is 10.6 Å². The van der Waals surface area contributed by atoms with Crippen LogP contribution in [0, 0.1) is 6.92 Å². The number of hydrogen-bond acceptors (Lipinski definition) is 3. The molecule has 3 rings (SSSR count). The third-order valence-electron chi connectivity index (χ3n) is 3.99. The van der Waals surface area contributed by atoms with E-state index >= 15 is 0 Å². The van der Waals surface area contributed by atoms with E-state index < -0.39 is 0 Å². The van der Waals surface area contributed by atoms with E-state index in [2.05, 4.69) is 55.6 Å². The molecule has 2 aromatic carbocycles. The van der Waals surface area contributed by atoms with Gasteiger partial charge in [-0.15, -0.1) is 0 Å². The molecule has 0 unspecified atom stereocenters. The van der Waals surface area contributed by atoms with Gasteiger partial charge in [-0.2, -0.15) is 0 Å². The summed E-state index contributed by atoms with van der Waals surface area (Å²) in [4.78, 5) is 17.9. The lowest BCUT2D eigenvalue weighted by atomic mass is 10.1. The van der Waals surface area contributed by atoms with E-state index in [1.165, 1.54) is 16.9 Å². The van der Waals surface area contributed by atoms with Crippen LogP contribution in [0.5, 0.6) is 0 Å². The number of benzene rings is 2. The number of hydrogen-bond donors (Lipinski definition) is 1. The predicted octanol–water partition coefficient (Wildman–Crippen LogP) is 5.91. The Balaban J connectivity index is 1.97. The summed E-state index contributed by atoms with van der Waals surface area (Å²) < 4.78 is 0. The maximum atomic E-state index is 12.1. The van der Waals surface area contributed by atoms with E-state index in [4.69, 9.17) is 4.98 Å². The number of thiazole rings is 1. The molecule has 3 nitrogen and oxygen atoms in total. The van der Waals surface area contributed by atoms with Crippen LogP contribution in [0.2, 0.25) is 0 Å². The van der Waals surface area contributed by atoms with Crippen LogP contribution in [0.3, 0.4) is 0 Å². The Kier molecular flexibility index (Phi) is 5.61. The normalized spacial score (nSPS) is 10.6. The Hall–Kier alpha value is -2.46. The molecule has 128 valence electrons. The van der Waals surface area contributed by atoms with Crippen LogP contribution in [0.25, 0.3) is 21.7 Å². The average molecular weight is 350 g/mol. The van der Waals surface area contributed by atoms with Gasteiger partial charge in [0, 0.05) is 12.0 Å². The van der Waals surface area contributed by atoms with E-state index in [9.17, 15) is 4.79 Å². The molecule has 0 atom stereocenters. The number of anilines is 1. The summed E-state index contributed by atoms with van der Waals surface area (Å²) in [6, 6.07) is 18.5. The molecule has 1 amide bonds. The van der Waals surface area contributed by atoms with Crippen molar-refractivity contribution >= 4 is 22.4 Å². The monoisotopic (exact) mass is 350 g/mol. The molecule has 0 saturated carbocycles. The first kappa shape index (κ1) is 17.4. The molecule has 0 radical (unpaired) electrons. The Morgan fingerprint density at radius 2 is 1.76 bits per heavy atom. The van der Waals surface area contributed by atoms with Crippen molar-refractivity contribution in [2.45, 2.75) is 33.1 Å². The van der Waals surface area contributed by atoms with Crippen LogP contribution < -0.4 is 5.32 Å². The second-order valence-electron chi connectivity index (χ2n) is 6.08. The molecule has 25 heavy (non-hydrogen) atoms. The van der Waals surface area contributed by atoms with Crippen molar-refractivity contribution in [2.75, 3.05) is 5.32 Å². The second kappa shape index (κ2) is 8.08. The first-order chi connectivity index (χ1) is 12.2. The van der Waals surface area contributed by atoms with Gasteiger partial charge >= 0.3 is 0 Å². The summed E-state index contributed by atoms with van der Waals surface area (Å²) in [5.41, 5.74) is 4.31. The number of carbonyl (C=O) groups is 1. The van der Waals surface area contributed by atoms with Gasteiger partial charge in [0.1, 0.15) is 0 Å². The van der Waals surface area contributed by atoms with E-state index in [0.717, 1.165) is 34.5 Å². The quantitative estimate of drug-likeness (QED) is 0.600. The molecular weight excluding hydrogens is 328 g/mol. The molecule has 1 N–H and O–H groups in total. The maximum Gasteiger partial charge on any atom is 0.226 e. The molecule has 1 aromatic heterocycles. The Labute approximate surface area is 152 Å². The zero-order valence-corrected chi connectivity index (χ0v) is 15.4. The highest BCUT2D eigenvalue weighted by molar-refractivity contribution is 7.19. The fraction of sp³-hybridized carbons (Fsp3) is 0.238. The number of rotatable bonds is 6. The summed E-state index contributed by atoms with van der Waals surface area (Å²) in [6.45, 7) is 4.15. The molecule has 0 aliphatic heterocycles. The number of unbranched alkanes of at least 4 members (excludes halogenated alkanes) is 1. The topological polar surface area (TPSA) is 42.0 Å². The van der Waals surface area contributed by atoms with Crippen LogP contribution in [-0.4, -0.2) is 10.9 Å². The lowest BCUT2D eigenvalue weighted by Gasteiger charge is -2.03. The Morgan fingerprint density at radius 1 is 1.04 bits per heavy atom. The Morgan fingerprint density at radius 3 is 2.44 bits per heavy atom. The van der Waals surface area contributed by atoms with Gasteiger partial charge < -0.3 is 5.32 Å². The van der Waals surface area contributed by atoms with Crippen LogP contribution in [0.15, 0.2) is 54.6 Å². The highest BCUT2D eigenvalue weighted by atomic mass is 32.1. The van der Waals surface area contributed by atoms with Gasteiger partial charge in [0.15, 0.2) is 5.13 Å². The molecular formula is C21H22N2OS. The molecule has 1 heterocycles. The Bertz CT molecular complexity index is 838. The zero-order valence-electron chi connectivity index (χ0n) is 14.6. The summed E-state index contributed by atoms with van der Waals surface area (Å²) in [6.07, 6.45) is 2.44. The minimum atomic E-state index is 0.0330. The van der Waals surface area contributed by atoms with Crippen molar-refractivity contribution in [3.63, 3.8) is 0 Å². The molecule has 0 aliphatic carbocycles. The highest BCUT2D eigenvalue weighted by Gasteiger charge is 2.16. The second-order valence-corrected chi connectivity index (χ2v) is 7.08. The van der Waals surface area contributed by atoms with Crippen LogP contribution >= 0.6 is 11.3 Å².